The molecule has 0 saturated heterocycles. The van der Waals surface area contributed by atoms with Crippen molar-refractivity contribution in [3.63, 3.8) is 0 Å². The molecule has 4 nitrogen and oxygen atoms in total. The summed E-state index contributed by atoms with van der Waals surface area (Å²) in [6.45, 7) is 0.755. The largest absolute Gasteiger partial charge is 0.490 e. The number of ether oxygens (including phenoxy) is 2. The molecule has 0 saturated carbocycles. The number of amides is 1. The van der Waals surface area contributed by atoms with Crippen molar-refractivity contribution in [1.29, 1.82) is 0 Å². The third-order valence-electron chi connectivity index (χ3n) is 3.61. The lowest BCUT2D eigenvalue weighted by Gasteiger charge is -2.13. The highest BCUT2D eigenvalue weighted by Gasteiger charge is 2.12. The maximum Gasteiger partial charge on any atom is 0.257 e. The normalized spacial score (nSPS) is 10.2. The number of halogens is 1. The van der Waals surface area contributed by atoms with Crippen LogP contribution in [-0.4, -0.2) is 19.1 Å². The van der Waals surface area contributed by atoms with E-state index < -0.39 is 0 Å². The van der Waals surface area contributed by atoms with Gasteiger partial charge in [-0.2, -0.15) is 0 Å². The van der Waals surface area contributed by atoms with Crippen molar-refractivity contribution in [3.05, 3.63) is 89.4 Å². The SMILES string of the molecule is O=C(Nc1ccccc1OCCOc1ccccc1)c1ccccc1Cl. The second kappa shape index (κ2) is 8.92. The highest BCUT2D eigenvalue weighted by atomic mass is 35.5. The van der Waals surface area contributed by atoms with Gasteiger partial charge in [0.1, 0.15) is 24.7 Å². The van der Waals surface area contributed by atoms with Crippen LogP contribution >= 0.6 is 11.6 Å². The van der Waals surface area contributed by atoms with E-state index in [4.69, 9.17) is 21.1 Å². The number of hydrogen-bond donors (Lipinski definition) is 1. The number of nitrogens with one attached hydrogen (secondary N) is 1. The van der Waals surface area contributed by atoms with Crippen LogP contribution in [0.1, 0.15) is 10.4 Å². The van der Waals surface area contributed by atoms with Crippen LogP contribution in [-0.2, 0) is 0 Å². The van der Waals surface area contributed by atoms with Gasteiger partial charge in [0.25, 0.3) is 5.91 Å². The lowest BCUT2D eigenvalue weighted by atomic mass is 10.2. The van der Waals surface area contributed by atoms with E-state index in [2.05, 4.69) is 5.32 Å². The lowest BCUT2D eigenvalue weighted by molar-refractivity contribution is 0.102. The number of para-hydroxylation sites is 3. The van der Waals surface area contributed by atoms with Crippen LogP contribution in [0.25, 0.3) is 0 Å². The van der Waals surface area contributed by atoms with E-state index in [0.717, 1.165) is 5.75 Å². The Hall–Kier alpha value is -2.98. The maximum absolute atomic E-state index is 12.4. The van der Waals surface area contributed by atoms with E-state index in [1.807, 2.05) is 42.5 Å². The molecule has 0 unspecified atom stereocenters. The summed E-state index contributed by atoms with van der Waals surface area (Å²) in [6, 6.07) is 23.7. The third-order valence-corrected chi connectivity index (χ3v) is 3.94. The van der Waals surface area contributed by atoms with Crippen molar-refractivity contribution in [2.24, 2.45) is 0 Å². The number of carbonyl (C=O) groups is 1. The molecular formula is C21H18ClNO3. The minimum atomic E-state index is -0.285. The van der Waals surface area contributed by atoms with Gasteiger partial charge in [0.15, 0.2) is 0 Å². The van der Waals surface area contributed by atoms with Crippen LogP contribution in [0.3, 0.4) is 0 Å². The minimum absolute atomic E-state index is 0.285. The van der Waals surface area contributed by atoms with Crippen molar-refractivity contribution in [2.75, 3.05) is 18.5 Å². The summed E-state index contributed by atoms with van der Waals surface area (Å²) < 4.78 is 11.4. The summed E-state index contributed by atoms with van der Waals surface area (Å²) in [5.74, 6) is 1.08. The minimum Gasteiger partial charge on any atom is -0.490 e. The maximum atomic E-state index is 12.4. The predicted octanol–water partition coefficient (Wildman–Crippen LogP) is 5.05. The number of rotatable bonds is 7. The molecule has 132 valence electrons. The highest BCUT2D eigenvalue weighted by Crippen LogP contribution is 2.25. The van der Waals surface area contributed by atoms with Crippen molar-refractivity contribution < 1.29 is 14.3 Å². The zero-order chi connectivity index (χ0) is 18.2. The first-order chi connectivity index (χ1) is 12.7. The molecule has 3 aromatic rings. The van der Waals surface area contributed by atoms with Crippen LogP contribution in [0.15, 0.2) is 78.9 Å². The van der Waals surface area contributed by atoms with Gasteiger partial charge in [-0.05, 0) is 36.4 Å². The number of carbonyl (C=O) groups excluding carboxylic acids is 1. The van der Waals surface area contributed by atoms with Gasteiger partial charge in [-0.15, -0.1) is 0 Å². The predicted molar refractivity (Wildman–Crippen MR) is 103 cm³/mol. The zero-order valence-electron chi connectivity index (χ0n) is 14.0. The van der Waals surface area contributed by atoms with Gasteiger partial charge in [0.2, 0.25) is 0 Å². The Kier molecular flexibility index (Phi) is 6.12. The average Bonchev–Trinajstić information content (AvgIpc) is 2.67. The van der Waals surface area contributed by atoms with E-state index in [1.54, 1.807) is 36.4 Å². The second-order valence-corrected chi connectivity index (χ2v) is 5.85. The molecule has 5 heteroatoms. The van der Waals surface area contributed by atoms with Crippen LogP contribution in [0.2, 0.25) is 5.02 Å². The molecule has 3 aromatic carbocycles. The first-order valence-corrected chi connectivity index (χ1v) is 8.57. The zero-order valence-corrected chi connectivity index (χ0v) is 14.8. The molecule has 0 aromatic heterocycles. The Morgan fingerprint density at radius 3 is 2.27 bits per heavy atom. The Morgan fingerprint density at radius 1 is 0.808 bits per heavy atom. The first-order valence-electron chi connectivity index (χ1n) is 8.19. The number of anilines is 1. The van der Waals surface area contributed by atoms with E-state index in [1.165, 1.54) is 0 Å². The molecule has 0 aliphatic rings. The van der Waals surface area contributed by atoms with E-state index in [9.17, 15) is 4.79 Å². The van der Waals surface area contributed by atoms with Crippen molar-refractivity contribution >= 4 is 23.2 Å². The van der Waals surface area contributed by atoms with E-state index >= 15 is 0 Å². The van der Waals surface area contributed by atoms with Crippen LogP contribution in [0, 0.1) is 0 Å². The Morgan fingerprint density at radius 2 is 1.46 bits per heavy atom. The molecule has 3 rings (SSSR count). The van der Waals surface area contributed by atoms with Gasteiger partial charge >= 0.3 is 0 Å². The van der Waals surface area contributed by atoms with Gasteiger partial charge < -0.3 is 14.8 Å². The molecule has 0 bridgehead atoms. The molecule has 0 heterocycles. The molecule has 1 amide bonds. The van der Waals surface area contributed by atoms with Gasteiger partial charge in [-0.25, -0.2) is 0 Å². The Bertz CT molecular complexity index is 868. The highest BCUT2D eigenvalue weighted by molar-refractivity contribution is 6.34. The molecule has 0 fully saturated rings. The third kappa shape index (κ3) is 4.77. The van der Waals surface area contributed by atoms with Crippen LogP contribution < -0.4 is 14.8 Å². The monoisotopic (exact) mass is 367 g/mol. The van der Waals surface area contributed by atoms with Crippen LogP contribution in [0.4, 0.5) is 5.69 Å². The quantitative estimate of drug-likeness (QED) is 0.594. The van der Waals surface area contributed by atoms with Gasteiger partial charge in [0, 0.05) is 0 Å². The summed E-state index contributed by atoms with van der Waals surface area (Å²) >= 11 is 6.08. The fourth-order valence-electron chi connectivity index (χ4n) is 2.36. The molecule has 0 aliphatic carbocycles. The summed E-state index contributed by atoms with van der Waals surface area (Å²) in [5.41, 5.74) is 0.994. The van der Waals surface area contributed by atoms with Gasteiger partial charge in [-0.3, -0.25) is 4.79 Å². The van der Waals surface area contributed by atoms with Crippen LogP contribution in [0.5, 0.6) is 11.5 Å². The summed E-state index contributed by atoms with van der Waals surface area (Å²) in [7, 11) is 0. The number of hydrogen-bond acceptors (Lipinski definition) is 3. The average molecular weight is 368 g/mol. The van der Waals surface area contributed by atoms with Crippen molar-refractivity contribution in [3.8, 4) is 11.5 Å². The molecule has 26 heavy (non-hydrogen) atoms. The number of benzene rings is 3. The Labute approximate surface area is 157 Å². The summed E-state index contributed by atoms with van der Waals surface area (Å²) in [6.07, 6.45) is 0. The second-order valence-electron chi connectivity index (χ2n) is 5.44. The van der Waals surface area contributed by atoms with Gasteiger partial charge in [-0.1, -0.05) is 54.1 Å². The molecule has 0 aliphatic heterocycles. The fourth-order valence-corrected chi connectivity index (χ4v) is 2.58. The fraction of sp³-hybridized carbons (Fsp3) is 0.0952. The summed E-state index contributed by atoms with van der Waals surface area (Å²) in [5, 5.41) is 3.24. The molecular weight excluding hydrogens is 350 g/mol. The topological polar surface area (TPSA) is 47.6 Å². The summed E-state index contributed by atoms with van der Waals surface area (Å²) in [4.78, 5) is 12.4. The smallest absolute Gasteiger partial charge is 0.257 e. The standard InChI is InChI=1S/C21H18ClNO3/c22-18-11-5-4-10-17(18)21(24)23-19-12-6-7-13-20(19)26-15-14-25-16-8-2-1-3-9-16/h1-13H,14-15H2,(H,23,24). The molecule has 1 N–H and O–H groups in total. The van der Waals surface area contributed by atoms with Crippen molar-refractivity contribution in [2.45, 2.75) is 0 Å². The lowest BCUT2D eigenvalue weighted by Crippen LogP contribution is -2.14. The Balaban J connectivity index is 1.59. The van der Waals surface area contributed by atoms with Crippen molar-refractivity contribution in [1.82, 2.24) is 0 Å². The first kappa shape index (κ1) is 17.8. The molecule has 0 radical (unpaired) electrons. The van der Waals surface area contributed by atoms with Gasteiger partial charge in [0.05, 0.1) is 16.3 Å². The van der Waals surface area contributed by atoms with E-state index in [-0.39, 0.29) is 5.91 Å². The molecule has 0 atom stereocenters. The molecule has 0 spiro atoms. The van der Waals surface area contributed by atoms with E-state index in [0.29, 0.717) is 35.2 Å².